The number of pyridine rings is 2. The summed E-state index contributed by atoms with van der Waals surface area (Å²) in [7, 11) is 0. The van der Waals surface area contributed by atoms with E-state index in [1.54, 1.807) is 30.6 Å². The maximum absolute atomic E-state index is 12.7. The molecule has 0 unspecified atom stereocenters. The second kappa shape index (κ2) is 11.8. The fourth-order valence-corrected chi connectivity index (χ4v) is 5.10. The molecule has 5 rings (SSSR count). The zero-order valence-electron chi connectivity index (χ0n) is 22.3. The number of aromatic nitrogens is 2. The van der Waals surface area contributed by atoms with E-state index in [9.17, 15) is 4.79 Å². The molecule has 2 fully saturated rings. The lowest BCUT2D eigenvalue weighted by Crippen LogP contribution is -2.46. The van der Waals surface area contributed by atoms with Crippen LogP contribution in [-0.2, 0) is 6.54 Å². The zero-order valence-corrected chi connectivity index (χ0v) is 21.1. The van der Waals surface area contributed by atoms with Gasteiger partial charge < -0.3 is 10.2 Å². The highest BCUT2D eigenvalue weighted by Crippen LogP contribution is 2.23. The molecule has 188 valence electrons. The van der Waals surface area contributed by atoms with E-state index in [-0.39, 0.29) is 11.9 Å². The van der Waals surface area contributed by atoms with Crippen molar-refractivity contribution in [2.24, 2.45) is 0 Å². The molecule has 1 amide bonds. The SMILES string of the molecule is [2H]C1([2H])CCN(c2cccc(C(=O)Nc3ccncc3)n2)CCN1C1CCN(Cc2ccccc2Cl)CC1. The van der Waals surface area contributed by atoms with Crippen LogP contribution in [0.5, 0.6) is 0 Å². The Bertz CT molecular complexity index is 1240. The number of rotatable bonds is 6. The van der Waals surface area contributed by atoms with Gasteiger partial charge in [0.2, 0.25) is 0 Å². The molecule has 36 heavy (non-hydrogen) atoms. The number of hydrogen-bond donors (Lipinski definition) is 1. The highest BCUT2D eigenvalue weighted by Gasteiger charge is 2.27. The molecule has 0 aliphatic carbocycles. The highest BCUT2D eigenvalue weighted by atomic mass is 35.5. The molecule has 0 radical (unpaired) electrons. The summed E-state index contributed by atoms with van der Waals surface area (Å²) in [6, 6.07) is 17.0. The third kappa shape index (κ3) is 6.22. The number of piperidine rings is 1. The van der Waals surface area contributed by atoms with Crippen LogP contribution in [0.3, 0.4) is 0 Å². The number of likely N-dealkylation sites (tertiary alicyclic amines) is 1. The Hall–Kier alpha value is -3.00. The summed E-state index contributed by atoms with van der Waals surface area (Å²) in [5, 5.41) is 3.64. The third-order valence-electron chi connectivity index (χ3n) is 6.89. The minimum atomic E-state index is -1.40. The van der Waals surface area contributed by atoms with Crippen LogP contribution >= 0.6 is 11.6 Å². The van der Waals surface area contributed by atoms with Crippen LogP contribution in [0, 0.1) is 0 Å². The van der Waals surface area contributed by atoms with Gasteiger partial charge in [-0.3, -0.25) is 19.6 Å². The zero-order chi connectivity index (χ0) is 26.5. The van der Waals surface area contributed by atoms with Crippen molar-refractivity contribution >= 4 is 29.0 Å². The average molecular weight is 507 g/mol. The van der Waals surface area contributed by atoms with Crippen molar-refractivity contribution in [3.63, 3.8) is 0 Å². The molecule has 2 aliphatic heterocycles. The lowest BCUT2D eigenvalue weighted by Gasteiger charge is -2.38. The first-order valence-corrected chi connectivity index (χ1v) is 12.9. The van der Waals surface area contributed by atoms with Crippen LogP contribution in [0.15, 0.2) is 67.0 Å². The molecule has 7 nitrogen and oxygen atoms in total. The molecule has 1 N–H and O–H groups in total. The first-order chi connectivity index (χ1) is 18.4. The van der Waals surface area contributed by atoms with Crippen molar-refractivity contribution in [3.8, 4) is 0 Å². The summed E-state index contributed by atoms with van der Waals surface area (Å²) >= 11 is 6.36. The molecule has 0 bridgehead atoms. The first-order valence-electron chi connectivity index (χ1n) is 13.5. The molecule has 8 heteroatoms. The number of carbonyl (C=O) groups excluding carboxylic acids is 1. The fraction of sp³-hybridized carbons (Fsp3) is 0.393. The Morgan fingerprint density at radius 1 is 1.00 bits per heavy atom. The van der Waals surface area contributed by atoms with Crippen molar-refractivity contribution < 1.29 is 7.54 Å². The topological polar surface area (TPSA) is 64.6 Å². The maximum Gasteiger partial charge on any atom is 0.274 e. The molecule has 0 spiro atoms. The third-order valence-corrected chi connectivity index (χ3v) is 7.26. The average Bonchev–Trinajstić information content (AvgIpc) is 3.09. The number of carbonyl (C=O) groups is 1. The minimum Gasteiger partial charge on any atom is -0.355 e. The summed E-state index contributed by atoms with van der Waals surface area (Å²) in [5.74, 6) is 0.410. The summed E-state index contributed by atoms with van der Waals surface area (Å²) in [4.78, 5) is 27.9. The molecule has 1 aromatic carbocycles. The molecule has 2 aromatic heterocycles. The monoisotopic (exact) mass is 506 g/mol. The number of benzene rings is 1. The smallest absolute Gasteiger partial charge is 0.274 e. The molecule has 2 saturated heterocycles. The first kappa shape index (κ1) is 22.2. The Kier molecular flexibility index (Phi) is 7.30. The number of anilines is 2. The number of hydrogen-bond acceptors (Lipinski definition) is 6. The second-order valence-electron chi connectivity index (χ2n) is 9.26. The second-order valence-corrected chi connectivity index (χ2v) is 9.67. The Labute approximate surface area is 220 Å². The van der Waals surface area contributed by atoms with E-state index in [1.807, 2.05) is 30.3 Å². The molecular formula is C28H33ClN6O. The van der Waals surface area contributed by atoms with E-state index in [0.717, 1.165) is 43.1 Å². The molecule has 0 saturated carbocycles. The summed E-state index contributed by atoms with van der Waals surface area (Å²) in [5.41, 5.74) is 2.13. The van der Waals surface area contributed by atoms with E-state index in [1.165, 1.54) is 0 Å². The quantitative estimate of drug-likeness (QED) is 0.529. The van der Waals surface area contributed by atoms with E-state index in [2.05, 4.69) is 36.1 Å². The normalized spacial score (nSPS) is 20.3. The van der Waals surface area contributed by atoms with Gasteiger partial charge in [0.15, 0.2) is 0 Å². The van der Waals surface area contributed by atoms with Gasteiger partial charge in [0, 0.05) is 64.6 Å². The Morgan fingerprint density at radius 2 is 1.81 bits per heavy atom. The number of halogens is 1. The van der Waals surface area contributed by atoms with Gasteiger partial charge in [0.25, 0.3) is 5.91 Å². The van der Waals surface area contributed by atoms with Gasteiger partial charge in [-0.25, -0.2) is 4.98 Å². The van der Waals surface area contributed by atoms with Crippen LogP contribution in [0.25, 0.3) is 0 Å². The number of nitrogens with one attached hydrogen (secondary N) is 1. The molecular weight excluding hydrogens is 472 g/mol. The van der Waals surface area contributed by atoms with Crippen LogP contribution in [0.4, 0.5) is 11.5 Å². The minimum absolute atomic E-state index is 0.192. The lowest BCUT2D eigenvalue weighted by atomic mass is 10.0. The highest BCUT2D eigenvalue weighted by molar-refractivity contribution is 6.31. The van der Waals surface area contributed by atoms with Gasteiger partial charge in [0.05, 0.1) is 0 Å². The summed E-state index contributed by atoms with van der Waals surface area (Å²) in [6.07, 6.45) is 5.47. The summed E-state index contributed by atoms with van der Waals surface area (Å²) < 4.78 is 17.7. The molecule has 2 aliphatic rings. The van der Waals surface area contributed by atoms with E-state index in [4.69, 9.17) is 14.3 Å². The van der Waals surface area contributed by atoms with Gasteiger partial charge in [0.1, 0.15) is 11.5 Å². The van der Waals surface area contributed by atoms with Gasteiger partial charge in [-0.15, -0.1) is 0 Å². The largest absolute Gasteiger partial charge is 0.355 e. The van der Waals surface area contributed by atoms with Gasteiger partial charge >= 0.3 is 0 Å². The van der Waals surface area contributed by atoms with Crippen molar-refractivity contribution in [2.75, 3.05) is 49.4 Å². The number of nitrogens with zero attached hydrogens (tertiary/aromatic N) is 5. The van der Waals surface area contributed by atoms with Crippen molar-refractivity contribution in [3.05, 3.63) is 83.3 Å². The molecule has 0 atom stereocenters. The Balaban J connectivity index is 1.20. The predicted molar refractivity (Wildman–Crippen MR) is 145 cm³/mol. The van der Waals surface area contributed by atoms with Gasteiger partial charge in [-0.1, -0.05) is 35.9 Å². The van der Waals surface area contributed by atoms with E-state index >= 15 is 0 Å². The van der Waals surface area contributed by atoms with Crippen LogP contribution in [0.1, 0.15) is 38.1 Å². The lowest BCUT2D eigenvalue weighted by molar-refractivity contribution is 0.102. The van der Waals surface area contributed by atoms with Crippen molar-refractivity contribution in [2.45, 2.75) is 31.8 Å². The number of amides is 1. The van der Waals surface area contributed by atoms with Crippen LogP contribution in [0.2, 0.25) is 5.02 Å². The van der Waals surface area contributed by atoms with E-state index in [0.29, 0.717) is 43.3 Å². The molecule has 3 aromatic rings. The van der Waals surface area contributed by atoms with Crippen LogP contribution < -0.4 is 10.2 Å². The fourth-order valence-electron chi connectivity index (χ4n) is 4.90. The standard InChI is InChI=1S/C28H33ClN6O/c29-25-6-2-1-5-22(25)21-33-17-11-24(12-18-33)34-15-4-16-35(20-19-34)27-8-3-7-26(32-27)28(36)31-23-9-13-30-14-10-23/h1-3,5-10,13-14,24H,4,11-12,15-21H2,(H,30,31,36)/i15D2. The van der Waals surface area contributed by atoms with Crippen molar-refractivity contribution in [1.29, 1.82) is 0 Å². The van der Waals surface area contributed by atoms with Crippen molar-refractivity contribution in [1.82, 2.24) is 19.8 Å². The summed E-state index contributed by atoms with van der Waals surface area (Å²) in [6.45, 7) is 3.06. The molecule has 4 heterocycles. The Morgan fingerprint density at radius 3 is 2.61 bits per heavy atom. The van der Waals surface area contributed by atoms with Crippen LogP contribution in [-0.4, -0.2) is 70.9 Å². The van der Waals surface area contributed by atoms with Gasteiger partial charge in [-0.2, -0.15) is 0 Å². The predicted octanol–water partition coefficient (Wildman–Crippen LogP) is 4.56. The van der Waals surface area contributed by atoms with Gasteiger partial charge in [-0.05, 0) is 68.2 Å². The maximum atomic E-state index is 12.7. The van der Waals surface area contributed by atoms with E-state index < -0.39 is 6.50 Å².